The molecule has 2 aromatic rings. The van der Waals surface area contributed by atoms with Gasteiger partial charge in [0.1, 0.15) is 6.04 Å². The van der Waals surface area contributed by atoms with Gasteiger partial charge in [-0.2, -0.15) is 5.10 Å². The fourth-order valence-corrected chi connectivity index (χ4v) is 2.16. The van der Waals surface area contributed by atoms with Crippen LogP contribution in [0.1, 0.15) is 17.2 Å². The number of anilines is 1. The Hall–Kier alpha value is -2.18. The summed E-state index contributed by atoms with van der Waals surface area (Å²) in [5.74, 6) is -0.125. The van der Waals surface area contributed by atoms with Crippen LogP contribution in [0.2, 0.25) is 0 Å². The van der Waals surface area contributed by atoms with Gasteiger partial charge in [-0.05, 0) is 24.7 Å². The summed E-state index contributed by atoms with van der Waals surface area (Å²) < 4.78 is 6.77. The monoisotopic (exact) mass is 288 g/mol. The van der Waals surface area contributed by atoms with Gasteiger partial charge in [0.05, 0.1) is 12.8 Å². The summed E-state index contributed by atoms with van der Waals surface area (Å²) in [6.45, 7) is 0.516. The number of amides is 1. The predicted molar refractivity (Wildman–Crippen MR) is 80.8 cm³/mol. The van der Waals surface area contributed by atoms with E-state index in [4.69, 9.17) is 4.74 Å². The van der Waals surface area contributed by atoms with E-state index in [-0.39, 0.29) is 5.91 Å². The van der Waals surface area contributed by atoms with Gasteiger partial charge >= 0.3 is 0 Å². The Balaban J connectivity index is 2.10. The smallest absolute Gasteiger partial charge is 0.246 e. The molecule has 0 aliphatic rings. The lowest BCUT2D eigenvalue weighted by atomic mass is 10.1. The van der Waals surface area contributed by atoms with Crippen molar-refractivity contribution in [2.24, 2.45) is 7.05 Å². The Labute approximate surface area is 124 Å². The van der Waals surface area contributed by atoms with Crippen LogP contribution in [0, 0.1) is 0 Å². The molecule has 1 aromatic heterocycles. The molecule has 6 heteroatoms. The molecule has 0 saturated heterocycles. The van der Waals surface area contributed by atoms with Gasteiger partial charge in [0.15, 0.2) is 0 Å². The highest BCUT2D eigenvalue weighted by Gasteiger charge is 2.20. The molecule has 0 spiro atoms. The number of hydrogen-bond acceptors (Lipinski definition) is 4. The first-order chi connectivity index (χ1) is 10.1. The molecule has 0 aliphatic heterocycles. The van der Waals surface area contributed by atoms with Gasteiger partial charge in [0, 0.05) is 31.6 Å². The molecule has 1 atom stereocenters. The van der Waals surface area contributed by atoms with Crippen LogP contribution >= 0.6 is 0 Å². The lowest BCUT2D eigenvalue weighted by molar-refractivity contribution is -0.118. The van der Waals surface area contributed by atoms with Crippen LogP contribution in [-0.4, -0.2) is 29.8 Å². The van der Waals surface area contributed by atoms with E-state index in [1.165, 1.54) is 0 Å². The molecular weight excluding hydrogens is 268 g/mol. The van der Waals surface area contributed by atoms with Gasteiger partial charge in [-0.1, -0.05) is 12.1 Å². The average Bonchev–Trinajstić information content (AvgIpc) is 2.87. The number of aryl methyl sites for hydroxylation is 1. The van der Waals surface area contributed by atoms with Gasteiger partial charge in [-0.3, -0.25) is 9.48 Å². The first kappa shape index (κ1) is 15.2. The van der Waals surface area contributed by atoms with E-state index in [1.807, 2.05) is 37.5 Å². The zero-order chi connectivity index (χ0) is 15.2. The van der Waals surface area contributed by atoms with E-state index in [9.17, 15) is 4.79 Å². The fourth-order valence-electron chi connectivity index (χ4n) is 2.16. The summed E-state index contributed by atoms with van der Waals surface area (Å²) in [4.78, 5) is 12.4. The second-order valence-corrected chi connectivity index (χ2v) is 4.79. The van der Waals surface area contributed by atoms with Crippen LogP contribution in [0.4, 0.5) is 5.69 Å². The molecule has 1 heterocycles. The molecule has 0 saturated carbocycles. The maximum Gasteiger partial charge on any atom is 0.246 e. The number of carbonyl (C=O) groups is 1. The largest absolute Gasteiger partial charge is 0.380 e. The second kappa shape index (κ2) is 7.01. The highest BCUT2D eigenvalue weighted by molar-refractivity contribution is 5.95. The van der Waals surface area contributed by atoms with Gasteiger partial charge < -0.3 is 15.4 Å². The van der Waals surface area contributed by atoms with Crippen molar-refractivity contribution in [3.63, 3.8) is 0 Å². The molecule has 112 valence electrons. The van der Waals surface area contributed by atoms with Gasteiger partial charge in [0.25, 0.3) is 0 Å². The third kappa shape index (κ3) is 3.90. The van der Waals surface area contributed by atoms with Crippen molar-refractivity contribution in [3.05, 3.63) is 47.8 Å². The second-order valence-electron chi connectivity index (χ2n) is 4.79. The SMILES string of the molecule is CNC(C(=O)Nc1cccc(COC)c1)c1cnn(C)c1. The van der Waals surface area contributed by atoms with Crippen LogP contribution in [0.15, 0.2) is 36.7 Å². The summed E-state index contributed by atoms with van der Waals surface area (Å²) in [6.07, 6.45) is 3.50. The molecule has 0 aliphatic carbocycles. The van der Waals surface area contributed by atoms with Crippen molar-refractivity contribution in [2.45, 2.75) is 12.6 Å². The van der Waals surface area contributed by atoms with E-state index in [0.29, 0.717) is 6.61 Å². The molecule has 21 heavy (non-hydrogen) atoms. The molecule has 2 rings (SSSR count). The van der Waals surface area contributed by atoms with E-state index in [0.717, 1.165) is 16.8 Å². The highest BCUT2D eigenvalue weighted by Crippen LogP contribution is 2.16. The van der Waals surface area contributed by atoms with Crippen molar-refractivity contribution in [1.29, 1.82) is 0 Å². The molecule has 2 N–H and O–H groups in total. The van der Waals surface area contributed by atoms with Crippen molar-refractivity contribution >= 4 is 11.6 Å². The topological polar surface area (TPSA) is 68.2 Å². The Kier molecular flexibility index (Phi) is 5.08. The maximum atomic E-state index is 12.4. The number of methoxy groups -OCH3 is 1. The number of hydrogen-bond donors (Lipinski definition) is 2. The van der Waals surface area contributed by atoms with E-state index >= 15 is 0 Å². The number of benzene rings is 1. The van der Waals surface area contributed by atoms with Crippen molar-refractivity contribution in [1.82, 2.24) is 15.1 Å². The molecule has 6 nitrogen and oxygen atoms in total. The van der Waals surface area contributed by atoms with Crippen LogP contribution in [0.5, 0.6) is 0 Å². The fraction of sp³-hybridized carbons (Fsp3) is 0.333. The molecule has 1 unspecified atom stereocenters. The van der Waals surface area contributed by atoms with E-state index < -0.39 is 6.04 Å². The third-order valence-electron chi connectivity index (χ3n) is 3.11. The first-order valence-corrected chi connectivity index (χ1v) is 6.68. The lowest BCUT2D eigenvalue weighted by Gasteiger charge is -2.15. The lowest BCUT2D eigenvalue weighted by Crippen LogP contribution is -2.30. The zero-order valence-corrected chi connectivity index (χ0v) is 12.5. The van der Waals surface area contributed by atoms with Crippen molar-refractivity contribution in [3.8, 4) is 0 Å². The maximum absolute atomic E-state index is 12.4. The summed E-state index contributed by atoms with van der Waals surface area (Å²) in [5, 5.41) is 10.0. The Morgan fingerprint density at radius 2 is 2.29 bits per heavy atom. The third-order valence-corrected chi connectivity index (χ3v) is 3.11. The minimum absolute atomic E-state index is 0.125. The summed E-state index contributed by atoms with van der Waals surface area (Å²) in [6, 6.07) is 7.16. The molecule has 0 bridgehead atoms. The van der Waals surface area contributed by atoms with Crippen LogP contribution in [0.3, 0.4) is 0 Å². The minimum Gasteiger partial charge on any atom is -0.380 e. The van der Waals surface area contributed by atoms with Crippen LogP contribution < -0.4 is 10.6 Å². The summed E-state index contributed by atoms with van der Waals surface area (Å²) in [7, 11) is 5.21. The van der Waals surface area contributed by atoms with E-state index in [1.54, 1.807) is 25.0 Å². The van der Waals surface area contributed by atoms with Crippen LogP contribution in [-0.2, 0) is 23.2 Å². The Morgan fingerprint density at radius 3 is 2.90 bits per heavy atom. The number of carbonyl (C=O) groups excluding carboxylic acids is 1. The minimum atomic E-state index is -0.440. The van der Waals surface area contributed by atoms with Gasteiger partial charge in [-0.25, -0.2) is 0 Å². The quantitative estimate of drug-likeness (QED) is 0.844. The molecule has 0 radical (unpaired) electrons. The summed E-state index contributed by atoms with van der Waals surface area (Å²) in [5.41, 5.74) is 2.59. The normalized spacial score (nSPS) is 12.1. The molecule has 1 amide bonds. The highest BCUT2D eigenvalue weighted by atomic mass is 16.5. The van der Waals surface area contributed by atoms with Gasteiger partial charge in [0.2, 0.25) is 5.91 Å². The number of nitrogens with zero attached hydrogens (tertiary/aromatic N) is 2. The number of aromatic nitrogens is 2. The number of nitrogens with one attached hydrogen (secondary N) is 2. The molecular formula is C15H20N4O2. The molecule has 1 aromatic carbocycles. The summed E-state index contributed by atoms with van der Waals surface area (Å²) >= 11 is 0. The number of rotatable bonds is 6. The molecule has 0 fully saturated rings. The first-order valence-electron chi connectivity index (χ1n) is 6.68. The Bertz CT molecular complexity index is 609. The standard InChI is InChI=1S/C15H20N4O2/c1-16-14(12-8-17-19(2)9-12)15(20)18-13-6-4-5-11(7-13)10-21-3/h4-9,14,16H,10H2,1-3H3,(H,18,20). The number of likely N-dealkylation sites (N-methyl/N-ethyl adjacent to an activating group) is 1. The predicted octanol–water partition coefficient (Wildman–Crippen LogP) is 1.47. The van der Waals surface area contributed by atoms with Crippen molar-refractivity contribution < 1.29 is 9.53 Å². The Morgan fingerprint density at radius 1 is 1.48 bits per heavy atom. The van der Waals surface area contributed by atoms with Gasteiger partial charge in [-0.15, -0.1) is 0 Å². The van der Waals surface area contributed by atoms with Crippen LogP contribution in [0.25, 0.3) is 0 Å². The zero-order valence-electron chi connectivity index (χ0n) is 12.5. The van der Waals surface area contributed by atoms with Crippen molar-refractivity contribution in [2.75, 3.05) is 19.5 Å². The number of ether oxygens (including phenoxy) is 1. The average molecular weight is 288 g/mol. The van der Waals surface area contributed by atoms with E-state index in [2.05, 4.69) is 15.7 Å².